The van der Waals surface area contributed by atoms with Crippen molar-refractivity contribution in [1.29, 1.82) is 0 Å². The van der Waals surface area contributed by atoms with E-state index in [0.29, 0.717) is 18.6 Å². The van der Waals surface area contributed by atoms with Crippen LogP contribution < -0.4 is 4.74 Å². The predicted molar refractivity (Wildman–Crippen MR) is 135 cm³/mol. The Morgan fingerprint density at radius 2 is 1.33 bits per heavy atom. The largest absolute Gasteiger partial charge is 0.465 e. The number of hydrogen-bond acceptors (Lipinski definition) is 8. The van der Waals surface area contributed by atoms with Gasteiger partial charge >= 0.3 is 23.9 Å². The molecule has 36 heavy (non-hydrogen) atoms. The highest BCUT2D eigenvalue weighted by atomic mass is 16.6. The summed E-state index contributed by atoms with van der Waals surface area (Å²) < 4.78 is 21.3. The second-order valence-corrected chi connectivity index (χ2v) is 11.0. The Bertz CT molecular complexity index is 862. The average molecular weight is 507 g/mol. The average Bonchev–Trinajstić information content (AvgIpc) is 2.72. The van der Waals surface area contributed by atoms with E-state index in [0.717, 1.165) is 5.56 Å². The van der Waals surface area contributed by atoms with Crippen molar-refractivity contribution in [3.63, 3.8) is 0 Å². The van der Waals surface area contributed by atoms with E-state index in [1.165, 1.54) is 6.92 Å². The van der Waals surface area contributed by atoms with E-state index in [-0.39, 0.29) is 36.8 Å². The summed E-state index contributed by atoms with van der Waals surface area (Å²) in [7, 11) is 0. The van der Waals surface area contributed by atoms with Crippen LogP contribution in [0.15, 0.2) is 24.3 Å². The van der Waals surface area contributed by atoms with Crippen LogP contribution in [0.4, 0.5) is 0 Å². The van der Waals surface area contributed by atoms with E-state index in [4.69, 9.17) is 18.9 Å². The van der Waals surface area contributed by atoms with Crippen molar-refractivity contribution in [2.24, 2.45) is 11.8 Å². The van der Waals surface area contributed by atoms with Crippen LogP contribution in [0.3, 0.4) is 0 Å². The Morgan fingerprint density at radius 3 is 1.75 bits per heavy atom. The van der Waals surface area contributed by atoms with Crippen LogP contribution in [0, 0.1) is 11.8 Å². The SMILES string of the molecule is CCC(CC(C)c1ccc(OC(C)=O)cc1)C(=O)OCCC(C(=O)OC(C)(C)C)C(=O)OC(C)(C)C. The zero-order chi connectivity index (χ0) is 27.7. The summed E-state index contributed by atoms with van der Waals surface area (Å²) in [6, 6.07) is 7.18. The first kappa shape index (κ1) is 31.1. The summed E-state index contributed by atoms with van der Waals surface area (Å²) >= 11 is 0. The molecule has 1 aromatic carbocycles. The van der Waals surface area contributed by atoms with Gasteiger partial charge in [-0.05, 0) is 78.0 Å². The minimum Gasteiger partial charge on any atom is -0.465 e. The summed E-state index contributed by atoms with van der Waals surface area (Å²) in [6.07, 6.45) is 1.11. The van der Waals surface area contributed by atoms with Crippen LogP contribution in [0.2, 0.25) is 0 Å². The normalized spacial score (nSPS) is 13.5. The van der Waals surface area contributed by atoms with Gasteiger partial charge in [-0.1, -0.05) is 26.0 Å². The van der Waals surface area contributed by atoms with E-state index in [9.17, 15) is 19.2 Å². The third-order valence-corrected chi connectivity index (χ3v) is 5.21. The molecule has 8 nitrogen and oxygen atoms in total. The van der Waals surface area contributed by atoms with Crippen molar-refractivity contribution in [1.82, 2.24) is 0 Å². The second-order valence-electron chi connectivity index (χ2n) is 11.0. The summed E-state index contributed by atoms with van der Waals surface area (Å²) in [4.78, 5) is 49.2. The second kappa shape index (κ2) is 13.4. The third kappa shape index (κ3) is 11.7. The molecule has 0 aliphatic heterocycles. The maximum Gasteiger partial charge on any atom is 0.320 e. The Labute approximate surface area is 215 Å². The van der Waals surface area contributed by atoms with E-state index >= 15 is 0 Å². The van der Waals surface area contributed by atoms with Gasteiger partial charge in [0.25, 0.3) is 0 Å². The van der Waals surface area contributed by atoms with Gasteiger partial charge in [-0.25, -0.2) is 0 Å². The van der Waals surface area contributed by atoms with E-state index in [2.05, 4.69) is 0 Å². The smallest absolute Gasteiger partial charge is 0.320 e. The van der Waals surface area contributed by atoms with Gasteiger partial charge in [0.05, 0.1) is 12.5 Å². The zero-order valence-electron chi connectivity index (χ0n) is 23.1. The fourth-order valence-corrected chi connectivity index (χ4v) is 3.50. The standard InChI is InChI=1S/C28H42O8/c1-10-20(17-18(2)21-11-13-22(14-12-21)34-19(3)29)24(30)33-16-15-23(25(31)35-27(4,5)6)26(32)36-28(7,8)9/h11-14,18,20,23H,10,15-17H2,1-9H3. The van der Waals surface area contributed by atoms with E-state index in [1.807, 2.05) is 26.0 Å². The quantitative estimate of drug-likeness (QED) is 0.171. The molecule has 2 unspecified atom stereocenters. The molecule has 0 amide bonds. The van der Waals surface area contributed by atoms with Gasteiger partial charge in [0.15, 0.2) is 5.92 Å². The van der Waals surface area contributed by atoms with Crippen molar-refractivity contribution in [3.8, 4) is 5.75 Å². The first-order chi connectivity index (χ1) is 16.5. The molecule has 0 aliphatic rings. The van der Waals surface area contributed by atoms with Gasteiger partial charge in [0.2, 0.25) is 0 Å². The van der Waals surface area contributed by atoms with Gasteiger partial charge in [0, 0.05) is 13.3 Å². The minimum atomic E-state index is -1.19. The lowest BCUT2D eigenvalue weighted by molar-refractivity contribution is -0.176. The van der Waals surface area contributed by atoms with Crippen molar-refractivity contribution >= 4 is 23.9 Å². The van der Waals surface area contributed by atoms with Crippen LogP contribution in [0.25, 0.3) is 0 Å². The van der Waals surface area contributed by atoms with Crippen molar-refractivity contribution < 1.29 is 38.1 Å². The molecule has 1 aromatic rings. The van der Waals surface area contributed by atoms with Gasteiger partial charge in [-0.15, -0.1) is 0 Å². The third-order valence-electron chi connectivity index (χ3n) is 5.21. The zero-order valence-corrected chi connectivity index (χ0v) is 23.1. The molecule has 0 aromatic heterocycles. The van der Waals surface area contributed by atoms with Gasteiger partial charge in [-0.2, -0.15) is 0 Å². The van der Waals surface area contributed by atoms with Gasteiger partial charge in [0.1, 0.15) is 17.0 Å². The number of rotatable bonds is 11. The molecule has 0 saturated carbocycles. The molecule has 1 rings (SSSR count). The molecule has 0 bridgehead atoms. The fraction of sp³-hybridized carbons (Fsp3) is 0.643. The Hall–Kier alpha value is -2.90. The molecule has 0 N–H and O–H groups in total. The van der Waals surface area contributed by atoms with Crippen molar-refractivity contribution in [3.05, 3.63) is 29.8 Å². The molecule has 8 heteroatoms. The maximum atomic E-state index is 12.8. The van der Waals surface area contributed by atoms with Crippen LogP contribution in [0.1, 0.15) is 93.1 Å². The molecule has 202 valence electrons. The molecule has 0 saturated heterocycles. The lowest BCUT2D eigenvalue weighted by Crippen LogP contribution is -2.37. The minimum absolute atomic E-state index is 0.0286. The Balaban J connectivity index is 2.76. The molecule has 0 radical (unpaired) electrons. The highest BCUT2D eigenvalue weighted by Gasteiger charge is 2.35. The lowest BCUT2D eigenvalue weighted by atomic mass is 9.89. The molecule has 0 spiro atoms. The molecule has 0 heterocycles. The number of benzene rings is 1. The Kier molecular flexibility index (Phi) is 11.6. The molecule has 0 aliphatic carbocycles. The lowest BCUT2D eigenvalue weighted by Gasteiger charge is -2.26. The fourth-order valence-electron chi connectivity index (χ4n) is 3.50. The van der Waals surface area contributed by atoms with E-state index in [1.54, 1.807) is 53.7 Å². The van der Waals surface area contributed by atoms with Crippen LogP contribution >= 0.6 is 0 Å². The molecular formula is C28H42O8. The van der Waals surface area contributed by atoms with Crippen LogP contribution in [-0.4, -0.2) is 41.7 Å². The first-order valence-corrected chi connectivity index (χ1v) is 12.4. The molecule has 0 fully saturated rings. The first-order valence-electron chi connectivity index (χ1n) is 12.4. The number of carbonyl (C=O) groups is 4. The number of carbonyl (C=O) groups excluding carboxylic acids is 4. The van der Waals surface area contributed by atoms with Crippen molar-refractivity contribution in [2.45, 2.75) is 98.7 Å². The van der Waals surface area contributed by atoms with Crippen molar-refractivity contribution in [2.75, 3.05) is 6.61 Å². The molecule has 2 atom stereocenters. The topological polar surface area (TPSA) is 105 Å². The number of esters is 4. The highest BCUT2D eigenvalue weighted by molar-refractivity contribution is 5.95. The van der Waals surface area contributed by atoms with E-state index < -0.39 is 29.1 Å². The monoisotopic (exact) mass is 506 g/mol. The van der Waals surface area contributed by atoms with Gasteiger partial charge < -0.3 is 18.9 Å². The van der Waals surface area contributed by atoms with Crippen LogP contribution in [-0.2, 0) is 33.4 Å². The summed E-state index contributed by atoms with van der Waals surface area (Å²) in [5, 5.41) is 0. The van der Waals surface area contributed by atoms with Crippen LogP contribution in [0.5, 0.6) is 5.75 Å². The summed E-state index contributed by atoms with van der Waals surface area (Å²) in [5.74, 6) is -3.19. The summed E-state index contributed by atoms with van der Waals surface area (Å²) in [6.45, 7) is 15.5. The number of hydrogen-bond donors (Lipinski definition) is 0. The van der Waals surface area contributed by atoms with Gasteiger partial charge in [-0.3, -0.25) is 19.2 Å². The number of ether oxygens (including phenoxy) is 4. The highest BCUT2D eigenvalue weighted by Crippen LogP contribution is 2.28. The maximum absolute atomic E-state index is 12.8. The predicted octanol–water partition coefficient (Wildman–Crippen LogP) is 5.36. The molecular weight excluding hydrogens is 464 g/mol. The summed E-state index contributed by atoms with van der Waals surface area (Å²) in [5.41, 5.74) is -0.533. The Morgan fingerprint density at radius 1 is 0.833 bits per heavy atom.